The van der Waals surface area contributed by atoms with Crippen LogP contribution in [0.3, 0.4) is 0 Å². The Morgan fingerprint density at radius 3 is 2.54 bits per heavy atom. The number of esters is 1. The third-order valence-corrected chi connectivity index (χ3v) is 14.1. The molecule has 0 N–H and O–H groups in total. The van der Waals surface area contributed by atoms with Gasteiger partial charge in [-0.25, -0.2) is 0 Å². The summed E-state index contributed by atoms with van der Waals surface area (Å²) in [7, 11) is 0. The molecule has 7 heteroatoms. The van der Waals surface area contributed by atoms with Gasteiger partial charge in [0, 0.05) is 55.8 Å². The quantitative estimate of drug-likeness (QED) is 0.249. The van der Waals surface area contributed by atoms with E-state index in [1.165, 1.54) is 6.92 Å². The number of ether oxygens (including phenoxy) is 3. The number of Topliss-reactive ketones (excluding diaryl/α,β-unsaturated/α-hetero) is 1. The van der Waals surface area contributed by atoms with Crippen LogP contribution in [0.5, 0.6) is 0 Å². The van der Waals surface area contributed by atoms with Crippen LogP contribution in [0.15, 0.2) is 0 Å². The molecule has 0 amide bonds. The first-order chi connectivity index (χ1) is 18.3. The van der Waals surface area contributed by atoms with Crippen molar-refractivity contribution in [2.24, 2.45) is 39.9 Å². The highest BCUT2D eigenvalue weighted by Gasteiger charge is 2.85. The van der Waals surface area contributed by atoms with Crippen molar-refractivity contribution < 1.29 is 28.4 Å². The highest BCUT2D eigenvalue weighted by molar-refractivity contribution is 5.91. The van der Waals surface area contributed by atoms with Gasteiger partial charge >= 0.3 is 5.97 Å². The predicted molar refractivity (Wildman–Crippen MR) is 145 cm³/mol. The summed E-state index contributed by atoms with van der Waals surface area (Å²) in [6.45, 7) is 13.4. The second kappa shape index (κ2) is 8.08. The minimum absolute atomic E-state index is 0.0203. The Balaban J connectivity index is 1.36. The van der Waals surface area contributed by atoms with Gasteiger partial charge in [0.1, 0.15) is 5.54 Å². The van der Waals surface area contributed by atoms with Gasteiger partial charge in [0.15, 0.2) is 17.7 Å². The normalized spacial score (nSPS) is 55.5. The third-order valence-electron chi connectivity index (χ3n) is 14.1. The maximum absolute atomic E-state index is 15.5. The van der Waals surface area contributed by atoms with Crippen molar-refractivity contribution in [2.45, 2.75) is 135 Å². The first-order valence-corrected chi connectivity index (χ1v) is 15.9. The Morgan fingerprint density at radius 1 is 1.05 bits per heavy atom. The zero-order valence-electron chi connectivity index (χ0n) is 24.9. The lowest BCUT2D eigenvalue weighted by Crippen LogP contribution is -2.75. The summed E-state index contributed by atoms with van der Waals surface area (Å²) >= 11 is 0. The van der Waals surface area contributed by atoms with Crippen molar-refractivity contribution >= 4 is 11.8 Å². The molecule has 0 aromatic heterocycles. The Labute approximate surface area is 233 Å². The van der Waals surface area contributed by atoms with Gasteiger partial charge in [-0.3, -0.25) is 9.59 Å². The van der Waals surface area contributed by atoms with Crippen LogP contribution in [0.1, 0.15) is 106 Å². The summed E-state index contributed by atoms with van der Waals surface area (Å²) in [5.74, 6) is 0.295. The topological polar surface area (TPSA) is 84.9 Å². The molecule has 7 rings (SSSR count). The molecule has 7 bridgehead atoms. The number of nitrogens with zero attached hydrogens (tertiary/aromatic N) is 1. The van der Waals surface area contributed by atoms with Crippen molar-refractivity contribution in [3.63, 3.8) is 0 Å². The van der Waals surface area contributed by atoms with Crippen LogP contribution < -0.4 is 0 Å². The lowest BCUT2D eigenvalue weighted by Gasteiger charge is -2.71. The molecular weight excluding hydrogens is 494 g/mol. The van der Waals surface area contributed by atoms with Crippen molar-refractivity contribution in [1.29, 1.82) is 0 Å². The second-order valence-corrected chi connectivity index (χ2v) is 15.8. The highest BCUT2D eigenvalue weighted by atomic mass is 16.7. The van der Waals surface area contributed by atoms with Gasteiger partial charge in [-0.05, 0) is 63.7 Å². The lowest BCUT2D eigenvalue weighted by molar-refractivity contribution is -0.966. The molecular formula is C32H49NO6. The maximum atomic E-state index is 15.5. The Bertz CT molecular complexity index is 1090. The summed E-state index contributed by atoms with van der Waals surface area (Å²) in [6, 6.07) is -0.0228. The molecule has 2 aliphatic carbocycles. The van der Waals surface area contributed by atoms with Crippen LogP contribution in [-0.4, -0.2) is 59.1 Å². The fraction of sp³-hybridized carbons (Fsp3) is 0.938. The lowest BCUT2D eigenvalue weighted by atomic mass is 9.42. The molecule has 2 saturated carbocycles. The number of carbonyl (C=O) groups excluding carboxylic acids is 2. The number of carbonyl (C=O) groups is 2. The fourth-order valence-corrected chi connectivity index (χ4v) is 12.4. The van der Waals surface area contributed by atoms with E-state index in [-0.39, 0.29) is 45.6 Å². The summed E-state index contributed by atoms with van der Waals surface area (Å²) < 4.78 is 18.4. The van der Waals surface area contributed by atoms with E-state index in [1.54, 1.807) is 0 Å². The van der Waals surface area contributed by atoms with Crippen molar-refractivity contribution in [3.05, 3.63) is 5.21 Å². The number of fused-ring (bicyclic) bond motifs is 4. The molecule has 5 saturated heterocycles. The van der Waals surface area contributed by atoms with E-state index < -0.39 is 23.3 Å². The number of hydrogen-bond acceptors (Lipinski definition) is 6. The average molecular weight is 544 g/mol. The van der Waals surface area contributed by atoms with Crippen LogP contribution in [0.2, 0.25) is 0 Å². The maximum Gasteiger partial charge on any atom is 0.303 e. The number of rotatable bonds is 6. The van der Waals surface area contributed by atoms with Crippen molar-refractivity contribution in [3.8, 4) is 0 Å². The van der Waals surface area contributed by atoms with Gasteiger partial charge in [-0.2, -0.15) is 0 Å². The molecule has 0 radical (unpaired) electrons. The Kier molecular flexibility index (Phi) is 5.56. The van der Waals surface area contributed by atoms with Gasteiger partial charge < -0.3 is 24.1 Å². The number of quaternary nitrogens is 1. The van der Waals surface area contributed by atoms with E-state index in [0.29, 0.717) is 30.1 Å². The summed E-state index contributed by atoms with van der Waals surface area (Å²) in [5, 5.41) is 15.5. The van der Waals surface area contributed by atoms with E-state index in [0.717, 1.165) is 64.3 Å². The van der Waals surface area contributed by atoms with Gasteiger partial charge in [0.05, 0.1) is 30.7 Å². The first-order valence-electron chi connectivity index (χ1n) is 15.9. The second-order valence-electron chi connectivity index (χ2n) is 15.8. The molecule has 39 heavy (non-hydrogen) atoms. The molecule has 5 aliphatic heterocycles. The zero-order chi connectivity index (χ0) is 27.8. The average Bonchev–Trinajstić information content (AvgIpc) is 3.48. The molecule has 218 valence electrons. The first kappa shape index (κ1) is 26.9. The van der Waals surface area contributed by atoms with Crippen LogP contribution in [0.25, 0.3) is 0 Å². The summed E-state index contributed by atoms with van der Waals surface area (Å²) in [6.07, 6.45) is 8.43. The molecule has 5 heterocycles. The minimum Gasteiger partial charge on any atom is -0.632 e. The fourth-order valence-electron chi connectivity index (χ4n) is 12.4. The molecule has 12 atom stereocenters. The minimum atomic E-state index is -0.876. The van der Waals surface area contributed by atoms with Gasteiger partial charge in [0.25, 0.3) is 0 Å². The van der Waals surface area contributed by atoms with E-state index in [2.05, 4.69) is 20.8 Å². The Hall–Kier alpha value is -1.02. The molecule has 1 spiro atoms. The smallest absolute Gasteiger partial charge is 0.303 e. The van der Waals surface area contributed by atoms with Crippen LogP contribution in [-0.2, 0) is 23.8 Å². The van der Waals surface area contributed by atoms with E-state index >= 15 is 5.21 Å². The van der Waals surface area contributed by atoms with E-state index in [9.17, 15) is 9.59 Å². The van der Waals surface area contributed by atoms with E-state index in [1.807, 2.05) is 13.8 Å². The van der Waals surface area contributed by atoms with Crippen LogP contribution >= 0.6 is 0 Å². The monoisotopic (exact) mass is 543 g/mol. The van der Waals surface area contributed by atoms with Gasteiger partial charge in [-0.15, -0.1) is 0 Å². The van der Waals surface area contributed by atoms with Crippen molar-refractivity contribution in [1.82, 2.24) is 0 Å². The summed E-state index contributed by atoms with van der Waals surface area (Å²) in [4.78, 5) is 27.3. The number of hydroxylamine groups is 3. The van der Waals surface area contributed by atoms with Crippen LogP contribution in [0, 0.1) is 45.1 Å². The number of piperidine rings is 2. The summed E-state index contributed by atoms with van der Waals surface area (Å²) in [5.41, 5.74) is -1.42. The van der Waals surface area contributed by atoms with Gasteiger partial charge in [-0.1, -0.05) is 20.8 Å². The number of hydrogen-bond donors (Lipinski definition) is 0. The SMILES string of the molecule is CC(=O)O[C@H](C[C@]12C3[C@@H](C(C)C)CCC1(C)C1CC[C@@]4(CCC[C@H]42)[N@@+]3([O-])C1)C(=O)C1(C)COC2(C)CCC1O2. The van der Waals surface area contributed by atoms with Crippen LogP contribution in [0.4, 0.5) is 0 Å². The van der Waals surface area contributed by atoms with E-state index in [4.69, 9.17) is 14.2 Å². The predicted octanol–water partition coefficient (Wildman–Crippen LogP) is 5.53. The zero-order valence-corrected chi connectivity index (χ0v) is 24.9. The third kappa shape index (κ3) is 3.04. The number of ketones is 1. The molecule has 0 aromatic rings. The van der Waals surface area contributed by atoms with Gasteiger partial charge in [0.2, 0.25) is 0 Å². The Morgan fingerprint density at radius 2 is 1.82 bits per heavy atom. The molecule has 0 aromatic carbocycles. The molecule has 6 unspecified atom stereocenters. The molecule has 7 aliphatic rings. The van der Waals surface area contributed by atoms with Crippen molar-refractivity contribution in [2.75, 3.05) is 13.2 Å². The standard InChI is InChI=1S/C32H49NO6/c1-19(2)22-10-13-29(5)21-9-15-31-12-7-8-24(31)32(29,26(22)33(31,36)17-21)16-23(38-20(3)34)27(35)28(4)18-37-30(6)14-11-25(28)39-30/h19,21-26H,7-18H2,1-6H3/t21?,22-,23-,24-,25?,26?,28?,29?,30?,31-,32+,33-/m1/s1. The molecule has 7 fully saturated rings. The highest BCUT2D eigenvalue weighted by Crippen LogP contribution is 2.81. The largest absolute Gasteiger partial charge is 0.632 e. The molecule has 7 nitrogen and oxygen atoms in total.